The minimum atomic E-state index is 0.143. The molecule has 0 atom stereocenters. The zero-order valence-electron chi connectivity index (χ0n) is 7.85. The van der Waals surface area contributed by atoms with Crippen molar-refractivity contribution in [2.24, 2.45) is 0 Å². The van der Waals surface area contributed by atoms with Crippen LogP contribution in [-0.4, -0.2) is 10.2 Å². The number of hydrogen-bond acceptors (Lipinski definition) is 5. The van der Waals surface area contributed by atoms with Crippen LogP contribution in [0.15, 0.2) is 27.8 Å². The summed E-state index contributed by atoms with van der Waals surface area (Å²) in [6.07, 6.45) is 0. The average molecular weight is 277 g/mol. The molecular formula is C9H6Cl2N2O2S. The summed E-state index contributed by atoms with van der Waals surface area (Å²) in [7, 11) is 0. The van der Waals surface area contributed by atoms with E-state index in [0.717, 1.165) is 0 Å². The number of ether oxygens (including phenoxy) is 1. The lowest BCUT2D eigenvalue weighted by molar-refractivity contribution is 0.252. The Kier molecular flexibility index (Phi) is 3.58. The summed E-state index contributed by atoms with van der Waals surface area (Å²) in [5, 5.41) is 8.47. The molecule has 16 heavy (non-hydrogen) atoms. The molecule has 1 aromatic carbocycles. The minimum absolute atomic E-state index is 0.143. The molecular weight excluding hydrogens is 271 g/mol. The largest absolute Gasteiger partial charge is 0.484 e. The maximum Gasteiger partial charge on any atom is 0.273 e. The lowest BCUT2D eigenvalue weighted by atomic mass is 10.3. The van der Waals surface area contributed by atoms with Crippen molar-refractivity contribution in [3.05, 3.63) is 34.1 Å². The van der Waals surface area contributed by atoms with Gasteiger partial charge in [-0.2, -0.15) is 0 Å². The van der Waals surface area contributed by atoms with Crippen molar-refractivity contribution in [1.82, 2.24) is 10.2 Å². The lowest BCUT2D eigenvalue weighted by Gasteiger charge is -2.04. The summed E-state index contributed by atoms with van der Waals surface area (Å²) in [6.45, 7) is 0.143. The summed E-state index contributed by atoms with van der Waals surface area (Å²) < 4.78 is 10.4. The molecule has 0 N–H and O–H groups in total. The van der Waals surface area contributed by atoms with E-state index in [4.69, 9.17) is 32.4 Å². The highest BCUT2D eigenvalue weighted by molar-refractivity contribution is 7.80. The van der Waals surface area contributed by atoms with E-state index in [0.29, 0.717) is 21.7 Å². The maximum atomic E-state index is 5.81. The van der Waals surface area contributed by atoms with Crippen LogP contribution in [-0.2, 0) is 6.61 Å². The van der Waals surface area contributed by atoms with E-state index in [2.05, 4.69) is 22.8 Å². The van der Waals surface area contributed by atoms with Gasteiger partial charge in [-0.3, -0.25) is 0 Å². The normalized spacial score (nSPS) is 10.4. The van der Waals surface area contributed by atoms with Gasteiger partial charge in [0.1, 0.15) is 5.75 Å². The third kappa shape index (κ3) is 3.04. The van der Waals surface area contributed by atoms with E-state index >= 15 is 0 Å². The van der Waals surface area contributed by atoms with Crippen LogP contribution in [0.25, 0.3) is 0 Å². The fourth-order valence-corrected chi connectivity index (χ4v) is 1.72. The van der Waals surface area contributed by atoms with E-state index in [1.807, 2.05) is 0 Å². The monoisotopic (exact) mass is 276 g/mol. The van der Waals surface area contributed by atoms with Crippen molar-refractivity contribution >= 4 is 35.8 Å². The smallest absolute Gasteiger partial charge is 0.273 e. The zero-order chi connectivity index (χ0) is 11.5. The molecule has 0 saturated carbocycles. The predicted octanol–water partition coefficient (Wildman–Crippen LogP) is 3.24. The van der Waals surface area contributed by atoms with Crippen LogP contribution in [0.4, 0.5) is 0 Å². The molecule has 84 valence electrons. The SMILES string of the molecule is Sc1nnc(COc2cc(Cl)cc(Cl)c2)o1. The Morgan fingerprint density at radius 3 is 2.44 bits per heavy atom. The number of halogens is 2. The van der Waals surface area contributed by atoms with Gasteiger partial charge in [0.15, 0.2) is 6.61 Å². The zero-order valence-corrected chi connectivity index (χ0v) is 10.3. The summed E-state index contributed by atoms with van der Waals surface area (Å²) in [5.74, 6) is 0.873. The molecule has 1 heterocycles. The van der Waals surface area contributed by atoms with E-state index in [1.165, 1.54) is 0 Å². The van der Waals surface area contributed by atoms with Gasteiger partial charge in [0.25, 0.3) is 11.1 Å². The maximum absolute atomic E-state index is 5.81. The van der Waals surface area contributed by atoms with Crippen LogP contribution >= 0.6 is 35.8 Å². The van der Waals surface area contributed by atoms with Gasteiger partial charge in [0.05, 0.1) is 0 Å². The molecule has 4 nitrogen and oxygen atoms in total. The molecule has 0 radical (unpaired) electrons. The van der Waals surface area contributed by atoms with Gasteiger partial charge in [-0.25, -0.2) is 0 Å². The van der Waals surface area contributed by atoms with Gasteiger partial charge in [-0.1, -0.05) is 35.8 Å². The van der Waals surface area contributed by atoms with E-state index in [1.54, 1.807) is 18.2 Å². The van der Waals surface area contributed by atoms with Crippen molar-refractivity contribution in [2.75, 3.05) is 0 Å². The van der Waals surface area contributed by atoms with Gasteiger partial charge < -0.3 is 9.15 Å². The van der Waals surface area contributed by atoms with Crippen LogP contribution in [0.1, 0.15) is 5.89 Å². The van der Waals surface area contributed by atoms with E-state index in [9.17, 15) is 0 Å². The van der Waals surface area contributed by atoms with Crippen LogP contribution in [0.3, 0.4) is 0 Å². The van der Waals surface area contributed by atoms with Crippen LogP contribution in [0.5, 0.6) is 5.75 Å². The molecule has 2 aromatic rings. The molecule has 2 rings (SSSR count). The third-order valence-corrected chi connectivity index (χ3v) is 2.27. The number of aromatic nitrogens is 2. The summed E-state index contributed by atoms with van der Waals surface area (Å²) in [6, 6.07) is 4.91. The Bertz CT molecular complexity index is 484. The molecule has 1 aromatic heterocycles. The fourth-order valence-electron chi connectivity index (χ4n) is 1.06. The first kappa shape index (κ1) is 11.6. The Hall–Kier alpha value is -0.910. The number of hydrogen-bond donors (Lipinski definition) is 1. The van der Waals surface area contributed by atoms with E-state index in [-0.39, 0.29) is 11.8 Å². The summed E-state index contributed by atoms with van der Waals surface area (Å²) >= 11 is 15.5. The third-order valence-electron chi connectivity index (χ3n) is 1.65. The van der Waals surface area contributed by atoms with Gasteiger partial charge in [0, 0.05) is 10.0 Å². The topological polar surface area (TPSA) is 48.2 Å². The standard InChI is InChI=1S/C9H6Cl2N2O2S/c10-5-1-6(11)3-7(2-5)14-4-8-12-13-9(16)15-8/h1-3H,4H2,(H,13,16). The van der Waals surface area contributed by atoms with Crippen LogP contribution in [0.2, 0.25) is 10.0 Å². The Balaban J connectivity index is 2.04. The Labute approximate surface area is 107 Å². The molecule has 0 spiro atoms. The highest BCUT2D eigenvalue weighted by Gasteiger charge is 2.05. The first-order valence-corrected chi connectivity index (χ1v) is 5.44. The molecule has 0 fully saturated rings. The summed E-state index contributed by atoms with van der Waals surface area (Å²) in [5.41, 5.74) is 0. The first-order chi connectivity index (χ1) is 7.63. The number of benzene rings is 1. The Morgan fingerprint density at radius 2 is 1.88 bits per heavy atom. The Morgan fingerprint density at radius 1 is 1.19 bits per heavy atom. The van der Waals surface area contributed by atoms with Gasteiger partial charge in [0.2, 0.25) is 0 Å². The average Bonchev–Trinajstić information content (AvgIpc) is 2.60. The second kappa shape index (κ2) is 4.95. The molecule has 0 amide bonds. The second-order valence-electron chi connectivity index (χ2n) is 2.87. The summed E-state index contributed by atoms with van der Waals surface area (Å²) in [4.78, 5) is 0. The lowest BCUT2D eigenvalue weighted by Crippen LogP contribution is -1.95. The van der Waals surface area contributed by atoms with E-state index < -0.39 is 0 Å². The predicted molar refractivity (Wildman–Crippen MR) is 62.3 cm³/mol. The molecule has 0 aliphatic rings. The molecule has 0 aliphatic carbocycles. The van der Waals surface area contributed by atoms with Gasteiger partial charge in [-0.15, -0.1) is 10.2 Å². The van der Waals surface area contributed by atoms with Crippen molar-refractivity contribution in [2.45, 2.75) is 11.8 Å². The highest BCUT2D eigenvalue weighted by Crippen LogP contribution is 2.24. The van der Waals surface area contributed by atoms with Crippen LogP contribution in [0, 0.1) is 0 Å². The number of rotatable bonds is 3. The van der Waals surface area contributed by atoms with Gasteiger partial charge >= 0.3 is 0 Å². The number of thiol groups is 1. The van der Waals surface area contributed by atoms with Crippen molar-refractivity contribution in [3.63, 3.8) is 0 Å². The molecule has 7 heteroatoms. The number of nitrogens with zero attached hydrogens (tertiary/aromatic N) is 2. The van der Waals surface area contributed by atoms with Crippen molar-refractivity contribution in [3.8, 4) is 5.75 Å². The van der Waals surface area contributed by atoms with Crippen LogP contribution < -0.4 is 4.74 Å². The highest BCUT2D eigenvalue weighted by atomic mass is 35.5. The first-order valence-electron chi connectivity index (χ1n) is 4.24. The second-order valence-corrected chi connectivity index (χ2v) is 4.13. The fraction of sp³-hybridized carbons (Fsp3) is 0.111. The van der Waals surface area contributed by atoms with Crippen molar-refractivity contribution < 1.29 is 9.15 Å². The quantitative estimate of drug-likeness (QED) is 0.875. The molecule has 0 aliphatic heterocycles. The minimum Gasteiger partial charge on any atom is -0.484 e. The molecule has 0 saturated heterocycles. The van der Waals surface area contributed by atoms with Gasteiger partial charge in [-0.05, 0) is 18.2 Å². The molecule has 0 bridgehead atoms. The van der Waals surface area contributed by atoms with Crippen molar-refractivity contribution in [1.29, 1.82) is 0 Å². The molecule has 0 unspecified atom stereocenters.